The highest BCUT2D eigenvalue weighted by Crippen LogP contribution is 2.32. The highest BCUT2D eigenvalue weighted by Gasteiger charge is 2.29. The zero-order valence-corrected chi connectivity index (χ0v) is 8.70. The van der Waals surface area contributed by atoms with E-state index in [0.29, 0.717) is 0 Å². The lowest BCUT2D eigenvalue weighted by Crippen LogP contribution is -2.23. The van der Waals surface area contributed by atoms with Gasteiger partial charge in [-0.3, -0.25) is 0 Å². The van der Waals surface area contributed by atoms with Crippen molar-refractivity contribution in [3.63, 3.8) is 0 Å². The van der Waals surface area contributed by atoms with Crippen LogP contribution in [0.3, 0.4) is 0 Å². The second-order valence-electron chi connectivity index (χ2n) is 4.28. The third kappa shape index (κ3) is 1.97. The Balaban J connectivity index is 1.83. The van der Waals surface area contributed by atoms with Gasteiger partial charge >= 0.3 is 0 Å². The number of hydrogen-bond donors (Lipinski definition) is 1. The molecule has 0 aromatic heterocycles. The Kier molecular flexibility index (Phi) is 2.97. The molecule has 2 fully saturated rings. The zero-order valence-electron chi connectivity index (χ0n) is 7.88. The van der Waals surface area contributed by atoms with Crippen molar-refractivity contribution in [2.45, 2.75) is 32.2 Å². The molecule has 12 heavy (non-hydrogen) atoms. The van der Waals surface area contributed by atoms with Gasteiger partial charge in [-0.25, -0.2) is 0 Å². The van der Waals surface area contributed by atoms with Crippen LogP contribution in [0.25, 0.3) is 0 Å². The predicted octanol–water partition coefficient (Wildman–Crippen LogP) is 2.13. The molecule has 2 aliphatic heterocycles. The molecule has 0 spiro atoms. The Morgan fingerprint density at radius 1 is 1.33 bits per heavy atom. The molecule has 0 aromatic rings. The fraction of sp³-hybridized carbons (Fsp3) is 1.00. The van der Waals surface area contributed by atoms with Gasteiger partial charge in [-0.1, -0.05) is 0 Å². The van der Waals surface area contributed by atoms with Crippen LogP contribution in [0.1, 0.15) is 26.2 Å². The molecule has 70 valence electrons. The molecular weight excluding hydrogens is 166 g/mol. The average molecular weight is 185 g/mol. The third-order valence-corrected chi connectivity index (χ3v) is 4.49. The van der Waals surface area contributed by atoms with Crippen LogP contribution in [-0.2, 0) is 0 Å². The summed E-state index contributed by atoms with van der Waals surface area (Å²) in [6.07, 6.45) is 4.37. The molecule has 0 bridgehead atoms. The van der Waals surface area contributed by atoms with Crippen molar-refractivity contribution in [1.29, 1.82) is 0 Å². The minimum absolute atomic E-state index is 0.780. The fourth-order valence-corrected chi connectivity index (χ4v) is 3.75. The van der Waals surface area contributed by atoms with Gasteiger partial charge in [0.1, 0.15) is 0 Å². The highest BCUT2D eigenvalue weighted by molar-refractivity contribution is 7.99. The van der Waals surface area contributed by atoms with E-state index >= 15 is 0 Å². The van der Waals surface area contributed by atoms with E-state index in [2.05, 4.69) is 24.0 Å². The summed E-state index contributed by atoms with van der Waals surface area (Å²) in [5.74, 6) is 4.86. The van der Waals surface area contributed by atoms with Crippen LogP contribution in [0.4, 0.5) is 0 Å². The maximum absolute atomic E-state index is 3.56. The first-order valence-electron chi connectivity index (χ1n) is 5.17. The van der Waals surface area contributed by atoms with E-state index in [0.717, 1.165) is 17.9 Å². The SMILES string of the molecule is CC1CC(C2CCCSC2)CN1. The quantitative estimate of drug-likeness (QED) is 0.671. The van der Waals surface area contributed by atoms with Crippen molar-refractivity contribution in [3.05, 3.63) is 0 Å². The van der Waals surface area contributed by atoms with Crippen LogP contribution in [-0.4, -0.2) is 24.1 Å². The second-order valence-corrected chi connectivity index (χ2v) is 5.43. The van der Waals surface area contributed by atoms with Gasteiger partial charge in [-0.05, 0) is 56.1 Å². The predicted molar refractivity (Wildman–Crippen MR) is 55.6 cm³/mol. The minimum atomic E-state index is 0.780. The molecule has 2 aliphatic rings. The van der Waals surface area contributed by atoms with Gasteiger partial charge in [0.2, 0.25) is 0 Å². The Labute approximate surface area is 79.7 Å². The Morgan fingerprint density at radius 2 is 2.25 bits per heavy atom. The minimum Gasteiger partial charge on any atom is -0.314 e. The van der Waals surface area contributed by atoms with Gasteiger partial charge in [-0.2, -0.15) is 11.8 Å². The third-order valence-electron chi connectivity index (χ3n) is 3.25. The molecule has 2 heterocycles. The van der Waals surface area contributed by atoms with Crippen LogP contribution >= 0.6 is 11.8 Å². The Hall–Kier alpha value is 0.310. The van der Waals surface area contributed by atoms with E-state index in [1.54, 1.807) is 0 Å². The van der Waals surface area contributed by atoms with Crippen molar-refractivity contribution in [1.82, 2.24) is 5.32 Å². The van der Waals surface area contributed by atoms with Crippen LogP contribution in [0.15, 0.2) is 0 Å². The Bertz CT molecular complexity index is 140. The first-order valence-corrected chi connectivity index (χ1v) is 6.33. The first kappa shape index (κ1) is 8.89. The second kappa shape index (κ2) is 4.01. The normalized spacial score (nSPS) is 43.2. The molecule has 3 atom stereocenters. The number of hydrogen-bond acceptors (Lipinski definition) is 2. The zero-order chi connectivity index (χ0) is 8.39. The first-order chi connectivity index (χ1) is 5.86. The molecule has 2 saturated heterocycles. The van der Waals surface area contributed by atoms with Crippen molar-refractivity contribution < 1.29 is 0 Å². The monoisotopic (exact) mass is 185 g/mol. The number of nitrogens with one attached hydrogen (secondary N) is 1. The molecule has 0 radical (unpaired) electrons. The number of rotatable bonds is 1. The van der Waals surface area contributed by atoms with Gasteiger partial charge < -0.3 is 5.32 Å². The molecule has 0 saturated carbocycles. The van der Waals surface area contributed by atoms with E-state index in [1.807, 2.05) is 0 Å². The molecule has 1 nitrogen and oxygen atoms in total. The van der Waals surface area contributed by atoms with Crippen molar-refractivity contribution >= 4 is 11.8 Å². The van der Waals surface area contributed by atoms with Crippen LogP contribution < -0.4 is 5.32 Å². The van der Waals surface area contributed by atoms with Crippen molar-refractivity contribution in [2.24, 2.45) is 11.8 Å². The summed E-state index contributed by atoms with van der Waals surface area (Å²) < 4.78 is 0. The summed E-state index contributed by atoms with van der Waals surface area (Å²) in [5, 5.41) is 3.56. The van der Waals surface area contributed by atoms with Gasteiger partial charge in [0.05, 0.1) is 0 Å². The maximum Gasteiger partial charge on any atom is 0.00420 e. The highest BCUT2D eigenvalue weighted by atomic mass is 32.2. The van der Waals surface area contributed by atoms with Crippen molar-refractivity contribution in [2.75, 3.05) is 18.1 Å². The molecule has 2 rings (SSSR count). The van der Waals surface area contributed by atoms with E-state index < -0.39 is 0 Å². The summed E-state index contributed by atoms with van der Waals surface area (Å²) >= 11 is 2.16. The summed E-state index contributed by atoms with van der Waals surface area (Å²) in [4.78, 5) is 0. The van der Waals surface area contributed by atoms with E-state index in [-0.39, 0.29) is 0 Å². The van der Waals surface area contributed by atoms with Crippen molar-refractivity contribution in [3.8, 4) is 0 Å². The molecular formula is C10H19NS. The molecule has 1 N–H and O–H groups in total. The van der Waals surface area contributed by atoms with E-state index in [1.165, 1.54) is 37.3 Å². The molecule has 0 aliphatic carbocycles. The van der Waals surface area contributed by atoms with E-state index in [4.69, 9.17) is 0 Å². The molecule has 0 amide bonds. The molecule has 0 aromatic carbocycles. The lowest BCUT2D eigenvalue weighted by atomic mass is 9.88. The van der Waals surface area contributed by atoms with Crippen LogP contribution in [0.5, 0.6) is 0 Å². The average Bonchev–Trinajstić information content (AvgIpc) is 2.54. The van der Waals surface area contributed by atoms with Gasteiger partial charge in [0.15, 0.2) is 0 Å². The summed E-state index contributed by atoms with van der Waals surface area (Å²) in [7, 11) is 0. The number of thioether (sulfide) groups is 1. The molecule has 2 heteroatoms. The lowest BCUT2D eigenvalue weighted by molar-refractivity contribution is 0.357. The molecule has 3 unspecified atom stereocenters. The topological polar surface area (TPSA) is 12.0 Å². The maximum atomic E-state index is 3.56. The van der Waals surface area contributed by atoms with Gasteiger partial charge in [0, 0.05) is 6.04 Å². The summed E-state index contributed by atoms with van der Waals surface area (Å²) in [6, 6.07) is 0.780. The standard InChI is InChI=1S/C10H19NS/c1-8-5-10(6-11-8)9-3-2-4-12-7-9/h8-11H,2-7H2,1H3. The summed E-state index contributed by atoms with van der Waals surface area (Å²) in [5.41, 5.74) is 0. The fourth-order valence-electron chi connectivity index (χ4n) is 2.47. The smallest absolute Gasteiger partial charge is 0.00420 e. The summed E-state index contributed by atoms with van der Waals surface area (Å²) in [6.45, 7) is 3.60. The largest absolute Gasteiger partial charge is 0.314 e. The van der Waals surface area contributed by atoms with Crippen LogP contribution in [0, 0.1) is 11.8 Å². The lowest BCUT2D eigenvalue weighted by Gasteiger charge is -2.26. The van der Waals surface area contributed by atoms with E-state index in [9.17, 15) is 0 Å². The van der Waals surface area contributed by atoms with Gasteiger partial charge in [0.25, 0.3) is 0 Å². The van der Waals surface area contributed by atoms with Crippen LogP contribution in [0.2, 0.25) is 0 Å². The van der Waals surface area contributed by atoms with Gasteiger partial charge in [-0.15, -0.1) is 0 Å². The Morgan fingerprint density at radius 3 is 2.83 bits per heavy atom.